The van der Waals surface area contributed by atoms with Gasteiger partial charge in [-0.2, -0.15) is 0 Å². The van der Waals surface area contributed by atoms with E-state index in [1.807, 2.05) is 0 Å². The van der Waals surface area contributed by atoms with Crippen LogP contribution in [0.25, 0.3) is 0 Å². The molecule has 2 heterocycles. The number of piperidine rings is 1. The maximum Gasteiger partial charge on any atom is 0.134 e. The maximum atomic E-state index is 4.47. The van der Waals surface area contributed by atoms with Gasteiger partial charge in [0, 0.05) is 24.7 Å². The lowest BCUT2D eigenvalue weighted by Crippen LogP contribution is -2.41. The molecule has 1 aliphatic rings. The molecular formula is C16H29N5. The maximum absolute atomic E-state index is 4.47. The summed E-state index contributed by atoms with van der Waals surface area (Å²) in [6, 6.07) is 0.616. The largest absolute Gasteiger partial charge is 0.370 e. The van der Waals surface area contributed by atoms with Crippen molar-refractivity contribution in [1.29, 1.82) is 0 Å². The monoisotopic (exact) mass is 291 g/mol. The third-order valence-electron chi connectivity index (χ3n) is 4.22. The van der Waals surface area contributed by atoms with Gasteiger partial charge in [-0.15, -0.1) is 0 Å². The highest BCUT2D eigenvalue weighted by Gasteiger charge is 2.19. The number of likely N-dealkylation sites (tertiary alicyclic amines) is 1. The second kappa shape index (κ2) is 8.17. The van der Waals surface area contributed by atoms with E-state index in [-0.39, 0.29) is 0 Å². The van der Waals surface area contributed by atoms with Crippen LogP contribution < -0.4 is 10.6 Å². The van der Waals surface area contributed by atoms with Gasteiger partial charge in [0.05, 0.1) is 0 Å². The Kier molecular flexibility index (Phi) is 6.23. The normalized spacial score (nSPS) is 19.5. The van der Waals surface area contributed by atoms with Gasteiger partial charge >= 0.3 is 0 Å². The van der Waals surface area contributed by atoms with Crippen molar-refractivity contribution in [1.82, 2.24) is 14.9 Å². The molecule has 0 spiro atoms. The van der Waals surface area contributed by atoms with Gasteiger partial charge in [-0.3, -0.25) is 0 Å². The van der Waals surface area contributed by atoms with Gasteiger partial charge in [-0.25, -0.2) is 9.97 Å². The topological polar surface area (TPSA) is 53.1 Å². The number of aromatic nitrogens is 2. The van der Waals surface area contributed by atoms with Crippen LogP contribution in [0.15, 0.2) is 6.33 Å². The van der Waals surface area contributed by atoms with Gasteiger partial charge in [-0.05, 0) is 39.8 Å². The van der Waals surface area contributed by atoms with Gasteiger partial charge in [0.2, 0.25) is 0 Å². The molecular weight excluding hydrogens is 262 g/mol. The van der Waals surface area contributed by atoms with Crippen LogP contribution in [-0.2, 0) is 6.42 Å². The van der Waals surface area contributed by atoms with Crippen molar-refractivity contribution in [2.45, 2.75) is 52.0 Å². The Morgan fingerprint density at radius 1 is 1.19 bits per heavy atom. The number of hydrogen-bond acceptors (Lipinski definition) is 5. The lowest BCUT2D eigenvalue weighted by atomic mass is 10.0. The molecule has 21 heavy (non-hydrogen) atoms. The third-order valence-corrected chi connectivity index (χ3v) is 4.22. The molecule has 0 radical (unpaired) electrons. The molecule has 0 bridgehead atoms. The van der Waals surface area contributed by atoms with E-state index in [4.69, 9.17) is 0 Å². The first-order valence-electron chi connectivity index (χ1n) is 8.28. The first-order chi connectivity index (χ1) is 10.3. The van der Waals surface area contributed by atoms with E-state index in [0.29, 0.717) is 6.04 Å². The summed E-state index contributed by atoms with van der Waals surface area (Å²) in [6.07, 6.45) is 7.70. The van der Waals surface area contributed by atoms with Crippen LogP contribution in [0.3, 0.4) is 0 Å². The predicted molar refractivity (Wildman–Crippen MR) is 88.9 cm³/mol. The number of nitrogens with one attached hydrogen (secondary N) is 2. The molecule has 1 aliphatic heterocycles. The van der Waals surface area contributed by atoms with Gasteiger partial charge < -0.3 is 15.5 Å². The average molecular weight is 291 g/mol. The zero-order valence-electron chi connectivity index (χ0n) is 13.7. The minimum Gasteiger partial charge on any atom is -0.370 e. The summed E-state index contributed by atoms with van der Waals surface area (Å²) in [4.78, 5) is 11.3. The van der Waals surface area contributed by atoms with E-state index in [1.165, 1.54) is 31.4 Å². The molecule has 0 saturated carbocycles. The van der Waals surface area contributed by atoms with Crippen molar-refractivity contribution < 1.29 is 0 Å². The van der Waals surface area contributed by atoms with E-state index in [2.05, 4.69) is 46.4 Å². The molecule has 0 aliphatic carbocycles. The van der Waals surface area contributed by atoms with Gasteiger partial charge in [0.15, 0.2) is 0 Å². The molecule has 1 aromatic rings. The minimum atomic E-state index is 0.616. The number of likely N-dealkylation sites (N-methyl/N-ethyl adjacent to an activating group) is 1. The standard InChI is InChI=1S/C16H29N5/c1-4-8-14-15(17-5-2)19-12-20-16(14)18-11-13-9-6-7-10-21(13)3/h12-13H,4-11H2,1-3H3,(H2,17,18,19,20). The van der Waals surface area contributed by atoms with E-state index in [0.717, 1.165) is 37.6 Å². The summed E-state index contributed by atoms with van der Waals surface area (Å²) in [5, 5.41) is 6.91. The second-order valence-electron chi connectivity index (χ2n) is 5.84. The summed E-state index contributed by atoms with van der Waals surface area (Å²) in [6.45, 7) is 7.36. The summed E-state index contributed by atoms with van der Waals surface area (Å²) < 4.78 is 0. The zero-order chi connectivity index (χ0) is 15.1. The molecule has 1 unspecified atom stereocenters. The summed E-state index contributed by atoms with van der Waals surface area (Å²) in [5.74, 6) is 1.98. The highest BCUT2D eigenvalue weighted by Crippen LogP contribution is 2.22. The first kappa shape index (κ1) is 16.0. The Balaban J connectivity index is 2.05. The Morgan fingerprint density at radius 3 is 2.62 bits per heavy atom. The van der Waals surface area contributed by atoms with E-state index < -0.39 is 0 Å². The summed E-state index contributed by atoms with van der Waals surface area (Å²) in [5.41, 5.74) is 1.22. The highest BCUT2D eigenvalue weighted by atomic mass is 15.2. The molecule has 5 nitrogen and oxygen atoms in total. The van der Waals surface area contributed by atoms with Crippen LogP contribution in [-0.4, -0.2) is 47.6 Å². The molecule has 1 aromatic heterocycles. The van der Waals surface area contributed by atoms with Crippen molar-refractivity contribution in [3.05, 3.63) is 11.9 Å². The molecule has 1 atom stereocenters. The number of anilines is 2. The van der Waals surface area contributed by atoms with Crippen LogP contribution in [0.4, 0.5) is 11.6 Å². The summed E-state index contributed by atoms with van der Waals surface area (Å²) >= 11 is 0. The fraction of sp³-hybridized carbons (Fsp3) is 0.750. The number of rotatable bonds is 7. The van der Waals surface area contributed by atoms with Crippen LogP contribution in [0.1, 0.15) is 45.1 Å². The SMILES string of the molecule is CCCc1c(NCC)ncnc1NCC1CCCCN1C. The molecule has 1 saturated heterocycles. The highest BCUT2D eigenvalue weighted by molar-refractivity contribution is 5.57. The van der Waals surface area contributed by atoms with Crippen molar-refractivity contribution in [2.75, 3.05) is 37.3 Å². The van der Waals surface area contributed by atoms with E-state index >= 15 is 0 Å². The number of hydrogen-bond donors (Lipinski definition) is 2. The summed E-state index contributed by atoms with van der Waals surface area (Å²) in [7, 11) is 2.22. The molecule has 0 amide bonds. The van der Waals surface area contributed by atoms with Crippen LogP contribution in [0.5, 0.6) is 0 Å². The fourth-order valence-electron chi connectivity index (χ4n) is 2.99. The molecule has 1 fully saturated rings. The van der Waals surface area contributed by atoms with Crippen molar-refractivity contribution in [3.63, 3.8) is 0 Å². The first-order valence-corrected chi connectivity index (χ1v) is 8.28. The minimum absolute atomic E-state index is 0.616. The predicted octanol–water partition coefficient (Wildman–Crippen LogP) is 2.76. The van der Waals surface area contributed by atoms with E-state index in [1.54, 1.807) is 6.33 Å². The third kappa shape index (κ3) is 4.30. The van der Waals surface area contributed by atoms with Crippen LogP contribution in [0, 0.1) is 0 Å². The van der Waals surface area contributed by atoms with Gasteiger partial charge in [-0.1, -0.05) is 19.8 Å². The molecule has 5 heteroatoms. The Labute approximate surface area is 128 Å². The molecule has 2 N–H and O–H groups in total. The lowest BCUT2D eigenvalue weighted by Gasteiger charge is -2.32. The smallest absolute Gasteiger partial charge is 0.134 e. The fourth-order valence-corrected chi connectivity index (χ4v) is 2.99. The zero-order valence-corrected chi connectivity index (χ0v) is 13.7. The second-order valence-corrected chi connectivity index (χ2v) is 5.84. The molecule has 118 valence electrons. The van der Waals surface area contributed by atoms with E-state index in [9.17, 15) is 0 Å². The molecule has 0 aromatic carbocycles. The Hall–Kier alpha value is -1.36. The van der Waals surface area contributed by atoms with Gasteiger partial charge in [0.1, 0.15) is 18.0 Å². The van der Waals surface area contributed by atoms with Gasteiger partial charge in [0.25, 0.3) is 0 Å². The number of nitrogens with zero attached hydrogens (tertiary/aromatic N) is 3. The Bertz CT molecular complexity index is 435. The van der Waals surface area contributed by atoms with Crippen LogP contribution in [0.2, 0.25) is 0 Å². The molecule has 2 rings (SSSR count). The quantitative estimate of drug-likeness (QED) is 0.809. The Morgan fingerprint density at radius 2 is 1.95 bits per heavy atom. The van der Waals surface area contributed by atoms with Crippen molar-refractivity contribution in [3.8, 4) is 0 Å². The van der Waals surface area contributed by atoms with Crippen LogP contribution >= 0.6 is 0 Å². The van der Waals surface area contributed by atoms with Crippen molar-refractivity contribution >= 4 is 11.6 Å². The average Bonchev–Trinajstić information content (AvgIpc) is 2.49. The van der Waals surface area contributed by atoms with Crippen molar-refractivity contribution in [2.24, 2.45) is 0 Å². The lowest BCUT2D eigenvalue weighted by molar-refractivity contribution is 0.194.